The van der Waals surface area contributed by atoms with E-state index in [1.54, 1.807) is 24.3 Å². The van der Waals surface area contributed by atoms with Gasteiger partial charge in [0.2, 0.25) is 0 Å². The fourth-order valence-corrected chi connectivity index (χ4v) is 3.94. The van der Waals surface area contributed by atoms with Crippen LogP contribution in [0.1, 0.15) is 30.1 Å². The predicted octanol–water partition coefficient (Wildman–Crippen LogP) is 3.39. The maximum absolute atomic E-state index is 13.1. The lowest BCUT2D eigenvalue weighted by Gasteiger charge is -2.25. The van der Waals surface area contributed by atoms with Gasteiger partial charge in [-0.25, -0.2) is 13.2 Å². The number of rotatable bonds is 8. The van der Waals surface area contributed by atoms with Gasteiger partial charge in [0, 0.05) is 6.54 Å². The minimum atomic E-state index is -3.89. The van der Waals surface area contributed by atoms with Gasteiger partial charge in [-0.3, -0.25) is 4.31 Å². The Kier molecular flexibility index (Phi) is 6.03. The van der Waals surface area contributed by atoms with Crippen molar-refractivity contribution < 1.29 is 23.1 Å². The quantitative estimate of drug-likeness (QED) is 0.777. The summed E-state index contributed by atoms with van der Waals surface area (Å²) in [7, 11) is -2.39. The second-order valence-corrected chi connectivity index (χ2v) is 7.29. The van der Waals surface area contributed by atoms with Gasteiger partial charge in [-0.15, -0.1) is 0 Å². The average molecular weight is 363 g/mol. The summed E-state index contributed by atoms with van der Waals surface area (Å²) >= 11 is 0. The molecular weight excluding hydrogens is 342 g/mol. The Labute approximate surface area is 147 Å². The van der Waals surface area contributed by atoms with Gasteiger partial charge < -0.3 is 9.84 Å². The maximum Gasteiger partial charge on any atom is 0.337 e. The van der Waals surface area contributed by atoms with E-state index in [2.05, 4.69) is 0 Å². The molecule has 0 aliphatic heterocycles. The SMILES string of the molecule is CCCCN(c1ccccc1C(=O)O)S(=O)(=O)c1ccc(OC)cc1. The molecule has 2 aromatic rings. The van der Waals surface area contributed by atoms with Crippen LogP contribution < -0.4 is 9.04 Å². The van der Waals surface area contributed by atoms with Crippen LogP contribution in [0, 0.1) is 0 Å². The first-order valence-electron chi connectivity index (χ1n) is 7.91. The summed E-state index contributed by atoms with van der Waals surface area (Å²) in [4.78, 5) is 11.6. The van der Waals surface area contributed by atoms with Gasteiger partial charge in [0.1, 0.15) is 5.75 Å². The van der Waals surface area contributed by atoms with Crippen molar-refractivity contribution in [3.63, 3.8) is 0 Å². The zero-order chi connectivity index (χ0) is 18.4. The molecule has 0 aliphatic carbocycles. The molecule has 0 heterocycles. The second kappa shape index (κ2) is 8.02. The van der Waals surface area contributed by atoms with Crippen LogP contribution in [0.2, 0.25) is 0 Å². The molecule has 6 nitrogen and oxygen atoms in total. The number of carboxylic acid groups (broad SMARTS) is 1. The number of sulfonamides is 1. The standard InChI is InChI=1S/C18H21NO5S/c1-3-4-13-19(17-8-6-5-7-16(17)18(20)21)25(22,23)15-11-9-14(24-2)10-12-15/h5-12H,3-4,13H2,1-2H3,(H,20,21). The Bertz CT molecular complexity index is 831. The second-order valence-electron chi connectivity index (χ2n) is 5.43. The predicted molar refractivity (Wildman–Crippen MR) is 95.8 cm³/mol. The van der Waals surface area contributed by atoms with Gasteiger partial charge in [0.25, 0.3) is 10.0 Å². The summed E-state index contributed by atoms with van der Waals surface area (Å²) in [6, 6.07) is 12.2. The zero-order valence-corrected chi connectivity index (χ0v) is 15.0. The number of carboxylic acids is 1. The molecule has 0 saturated heterocycles. The third-order valence-corrected chi connectivity index (χ3v) is 5.59. The molecule has 0 spiro atoms. The molecule has 134 valence electrons. The highest BCUT2D eigenvalue weighted by molar-refractivity contribution is 7.92. The lowest BCUT2D eigenvalue weighted by Crippen LogP contribution is -2.33. The smallest absolute Gasteiger partial charge is 0.337 e. The highest BCUT2D eigenvalue weighted by Gasteiger charge is 2.27. The molecule has 2 rings (SSSR count). The summed E-state index contributed by atoms with van der Waals surface area (Å²) in [6.45, 7) is 2.15. The van der Waals surface area contributed by atoms with Gasteiger partial charge in [-0.05, 0) is 42.8 Å². The Morgan fingerprint density at radius 3 is 2.32 bits per heavy atom. The largest absolute Gasteiger partial charge is 0.497 e. The van der Waals surface area contributed by atoms with Crippen molar-refractivity contribution in [3.8, 4) is 5.75 Å². The van der Waals surface area contributed by atoms with Crippen LogP contribution in [0.5, 0.6) is 5.75 Å². The first kappa shape index (κ1) is 18.8. The third kappa shape index (κ3) is 4.11. The van der Waals surface area contributed by atoms with Gasteiger partial charge >= 0.3 is 5.97 Å². The van der Waals surface area contributed by atoms with Crippen molar-refractivity contribution in [2.45, 2.75) is 24.7 Å². The van der Waals surface area contributed by atoms with E-state index in [1.165, 1.54) is 35.7 Å². The highest BCUT2D eigenvalue weighted by Crippen LogP contribution is 2.28. The molecule has 0 bridgehead atoms. The number of ether oxygens (including phenoxy) is 1. The van der Waals surface area contributed by atoms with Crippen LogP contribution >= 0.6 is 0 Å². The van der Waals surface area contributed by atoms with E-state index in [1.807, 2.05) is 6.92 Å². The van der Waals surface area contributed by atoms with E-state index >= 15 is 0 Å². The fourth-order valence-electron chi connectivity index (χ4n) is 2.42. The number of carbonyl (C=O) groups is 1. The molecule has 0 unspecified atom stereocenters. The summed E-state index contributed by atoms with van der Waals surface area (Å²) in [5.41, 5.74) is 0.120. The highest BCUT2D eigenvalue weighted by atomic mass is 32.2. The number of unbranched alkanes of at least 4 members (excludes halogenated alkanes) is 1. The number of hydrogen-bond donors (Lipinski definition) is 1. The number of benzene rings is 2. The van der Waals surface area contributed by atoms with Crippen molar-refractivity contribution in [2.75, 3.05) is 18.0 Å². The van der Waals surface area contributed by atoms with Crippen LogP contribution in [0.25, 0.3) is 0 Å². The summed E-state index contributed by atoms with van der Waals surface area (Å²) < 4.78 is 32.4. The molecule has 0 fully saturated rings. The molecule has 25 heavy (non-hydrogen) atoms. The van der Waals surface area contributed by atoms with Crippen LogP contribution in [-0.4, -0.2) is 33.1 Å². The Balaban J connectivity index is 2.54. The molecule has 0 aromatic heterocycles. The van der Waals surface area contributed by atoms with Crippen molar-refractivity contribution in [3.05, 3.63) is 54.1 Å². The zero-order valence-electron chi connectivity index (χ0n) is 14.2. The molecular formula is C18H21NO5S. The van der Waals surface area contributed by atoms with Crippen molar-refractivity contribution in [2.24, 2.45) is 0 Å². The van der Waals surface area contributed by atoms with E-state index in [9.17, 15) is 18.3 Å². The van der Waals surface area contributed by atoms with Crippen LogP contribution in [0.15, 0.2) is 53.4 Å². The van der Waals surface area contributed by atoms with Gasteiger partial charge in [-0.2, -0.15) is 0 Å². The average Bonchev–Trinajstić information content (AvgIpc) is 2.62. The fraction of sp³-hybridized carbons (Fsp3) is 0.278. The first-order chi connectivity index (χ1) is 11.9. The third-order valence-electron chi connectivity index (χ3n) is 3.77. The number of para-hydroxylation sites is 1. The Hall–Kier alpha value is -2.54. The van der Waals surface area contributed by atoms with E-state index in [0.29, 0.717) is 12.2 Å². The van der Waals surface area contributed by atoms with Gasteiger partial charge in [0.15, 0.2) is 0 Å². The topological polar surface area (TPSA) is 83.9 Å². The summed E-state index contributed by atoms with van der Waals surface area (Å²) in [5, 5.41) is 9.41. The Morgan fingerprint density at radius 2 is 1.76 bits per heavy atom. The van der Waals surface area contributed by atoms with E-state index in [-0.39, 0.29) is 22.7 Å². The Morgan fingerprint density at radius 1 is 1.12 bits per heavy atom. The molecule has 0 radical (unpaired) electrons. The normalized spacial score (nSPS) is 11.1. The minimum Gasteiger partial charge on any atom is -0.497 e. The maximum atomic E-state index is 13.1. The first-order valence-corrected chi connectivity index (χ1v) is 9.35. The van der Waals surface area contributed by atoms with Crippen molar-refractivity contribution in [1.82, 2.24) is 0 Å². The summed E-state index contributed by atoms with van der Waals surface area (Å²) in [6.07, 6.45) is 1.40. The van der Waals surface area contributed by atoms with Crippen LogP contribution in [0.3, 0.4) is 0 Å². The van der Waals surface area contributed by atoms with Crippen molar-refractivity contribution >= 4 is 21.7 Å². The van der Waals surface area contributed by atoms with Crippen molar-refractivity contribution in [1.29, 1.82) is 0 Å². The lowest BCUT2D eigenvalue weighted by molar-refractivity contribution is 0.0697. The molecule has 1 N–H and O–H groups in total. The van der Waals surface area contributed by atoms with Gasteiger partial charge in [0.05, 0.1) is 23.3 Å². The molecule has 2 aromatic carbocycles. The van der Waals surface area contributed by atoms with E-state index in [4.69, 9.17) is 4.74 Å². The molecule has 0 amide bonds. The number of methoxy groups -OCH3 is 1. The van der Waals surface area contributed by atoms with Crippen LogP contribution in [-0.2, 0) is 10.0 Å². The minimum absolute atomic E-state index is 0.0457. The number of nitrogens with zero attached hydrogens (tertiary/aromatic N) is 1. The molecule has 0 saturated carbocycles. The number of anilines is 1. The van der Waals surface area contributed by atoms with Crippen LogP contribution in [0.4, 0.5) is 5.69 Å². The summed E-state index contributed by atoms with van der Waals surface area (Å²) in [5.74, 6) is -0.618. The number of aromatic carboxylic acids is 1. The van der Waals surface area contributed by atoms with Gasteiger partial charge in [-0.1, -0.05) is 25.5 Å². The molecule has 0 atom stereocenters. The molecule has 7 heteroatoms. The van der Waals surface area contributed by atoms with E-state index < -0.39 is 16.0 Å². The monoisotopic (exact) mass is 363 g/mol. The molecule has 0 aliphatic rings. The van der Waals surface area contributed by atoms with E-state index in [0.717, 1.165) is 6.42 Å². The lowest BCUT2D eigenvalue weighted by atomic mass is 10.1. The number of hydrogen-bond acceptors (Lipinski definition) is 4.